The topological polar surface area (TPSA) is 96.7 Å². The average Bonchev–Trinajstić information content (AvgIpc) is 3.58. The number of pyridine rings is 1. The Morgan fingerprint density at radius 2 is 1.69 bits per heavy atom. The van der Waals surface area contributed by atoms with Crippen LogP contribution in [-0.4, -0.2) is 74.8 Å². The first-order chi connectivity index (χ1) is 25.3. The van der Waals surface area contributed by atoms with Crippen LogP contribution in [0.4, 0.5) is 35.1 Å². The van der Waals surface area contributed by atoms with Crippen molar-refractivity contribution in [1.82, 2.24) is 19.8 Å². The molecule has 3 saturated carbocycles. The van der Waals surface area contributed by atoms with E-state index in [4.69, 9.17) is 4.74 Å². The third-order valence-electron chi connectivity index (χ3n) is 11.9. The number of likely N-dealkylation sites (tertiary alicyclic amines) is 1. The monoisotopic (exact) mass is 770 g/mol. The van der Waals surface area contributed by atoms with E-state index in [1.807, 2.05) is 6.92 Å². The van der Waals surface area contributed by atoms with Gasteiger partial charge in [-0.15, -0.1) is 0 Å². The van der Waals surface area contributed by atoms with Crippen LogP contribution < -0.4 is 10.1 Å². The average molecular weight is 771 g/mol. The summed E-state index contributed by atoms with van der Waals surface area (Å²) in [6.07, 6.45) is -6.08. The van der Waals surface area contributed by atoms with Gasteiger partial charge in [0.1, 0.15) is 17.4 Å². The smallest absolute Gasteiger partial charge is 0.434 e. The number of hydrogen-bond donors (Lipinski definition) is 2. The predicted octanol–water partition coefficient (Wildman–Crippen LogP) is 8.89. The second-order valence-electron chi connectivity index (χ2n) is 15.8. The molecule has 3 aliphatic carbocycles. The Kier molecular flexibility index (Phi) is 9.91. The van der Waals surface area contributed by atoms with Gasteiger partial charge in [0.2, 0.25) is 5.92 Å². The number of aliphatic carboxylic acids is 1. The van der Waals surface area contributed by atoms with Gasteiger partial charge in [-0.25, -0.2) is 18.6 Å². The minimum Gasteiger partial charge on any atom is -0.490 e. The normalized spacial score (nSPS) is 26.9. The quantitative estimate of drug-likeness (QED) is 0.222. The van der Waals surface area contributed by atoms with E-state index in [1.54, 1.807) is 29.0 Å². The van der Waals surface area contributed by atoms with Gasteiger partial charge in [-0.1, -0.05) is 6.92 Å². The van der Waals surface area contributed by atoms with Gasteiger partial charge in [0.05, 0.1) is 23.3 Å². The van der Waals surface area contributed by atoms with E-state index in [2.05, 4.69) is 10.3 Å². The number of benzene rings is 1. The Morgan fingerprint density at radius 3 is 2.33 bits per heavy atom. The molecule has 0 radical (unpaired) electrons. The fourth-order valence-corrected chi connectivity index (χ4v) is 9.43. The summed E-state index contributed by atoms with van der Waals surface area (Å²) < 4.78 is 119. The van der Waals surface area contributed by atoms with Crippen molar-refractivity contribution in [1.29, 1.82) is 0 Å². The van der Waals surface area contributed by atoms with Crippen molar-refractivity contribution in [2.45, 2.75) is 107 Å². The molecule has 1 amide bonds. The highest BCUT2D eigenvalue weighted by atomic mass is 19.4. The van der Waals surface area contributed by atoms with Crippen LogP contribution in [0.25, 0.3) is 22.2 Å². The molecule has 294 valence electrons. The highest BCUT2D eigenvalue weighted by Crippen LogP contribution is 2.51. The van der Waals surface area contributed by atoms with Gasteiger partial charge in [0, 0.05) is 55.2 Å². The van der Waals surface area contributed by atoms with Gasteiger partial charge < -0.3 is 19.7 Å². The molecule has 2 aromatic heterocycles. The number of carbonyl (C=O) groups excluding carboxylic acids is 1. The van der Waals surface area contributed by atoms with Gasteiger partial charge in [-0.05, 0) is 93.4 Å². The van der Waals surface area contributed by atoms with Crippen LogP contribution in [-0.2, 0) is 11.0 Å². The van der Waals surface area contributed by atoms with Crippen LogP contribution in [0.5, 0.6) is 5.75 Å². The highest BCUT2D eigenvalue weighted by Gasteiger charge is 2.56. The van der Waals surface area contributed by atoms with Crippen molar-refractivity contribution in [3.63, 3.8) is 0 Å². The lowest BCUT2D eigenvalue weighted by Crippen LogP contribution is -2.57. The summed E-state index contributed by atoms with van der Waals surface area (Å²) in [5.41, 5.74) is -3.37. The van der Waals surface area contributed by atoms with E-state index in [1.165, 1.54) is 11.0 Å². The van der Waals surface area contributed by atoms with Gasteiger partial charge in [-0.3, -0.25) is 9.69 Å². The third-order valence-corrected chi connectivity index (χ3v) is 11.9. The molecule has 1 aliphatic heterocycles. The molecule has 7 rings (SSSR count). The summed E-state index contributed by atoms with van der Waals surface area (Å²) in [5.74, 6) is -5.09. The molecule has 8 nitrogen and oxygen atoms in total. The van der Waals surface area contributed by atoms with Crippen molar-refractivity contribution in [2.75, 3.05) is 19.6 Å². The summed E-state index contributed by atoms with van der Waals surface area (Å²) in [5, 5.41) is 13.2. The molecule has 4 fully saturated rings. The largest absolute Gasteiger partial charge is 0.490 e. The number of halogens is 8. The number of rotatable bonds is 8. The number of carboxylic acid groups (broad SMARTS) is 1. The molecule has 1 aromatic carbocycles. The first kappa shape index (κ1) is 38.3. The summed E-state index contributed by atoms with van der Waals surface area (Å²) in [6.45, 7) is 1.35. The molecule has 4 aliphatic rings. The molecule has 1 saturated heterocycles. The molecule has 0 spiro atoms. The zero-order valence-corrected chi connectivity index (χ0v) is 29.6. The summed E-state index contributed by atoms with van der Waals surface area (Å²) in [6, 6.07) is 6.72. The maximum absolute atomic E-state index is 14.7. The van der Waals surface area contributed by atoms with Gasteiger partial charge in [0.15, 0.2) is 5.69 Å². The Balaban J connectivity index is 1.21. The van der Waals surface area contributed by atoms with E-state index >= 15 is 0 Å². The Morgan fingerprint density at radius 1 is 0.981 bits per heavy atom. The van der Waals surface area contributed by atoms with Crippen molar-refractivity contribution >= 4 is 22.8 Å². The van der Waals surface area contributed by atoms with Crippen molar-refractivity contribution < 1.29 is 54.6 Å². The number of alkyl halides is 8. The van der Waals surface area contributed by atoms with E-state index < -0.39 is 65.5 Å². The first-order valence-corrected chi connectivity index (χ1v) is 18.4. The number of amides is 1. The maximum Gasteiger partial charge on any atom is 0.434 e. The second kappa shape index (κ2) is 14.0. The lowest BCUT2D eigenvalue weighted by Gasteiger charge is -2.33. The van der Waals surface area contributed by atoms with Crippen LogP contribution in [0, 0.1) is 17.8 Å². The number of ether oxygens (including phenoxy) is 1. The zero-order chi connectivity index (χ0) is 38.8. The third kappa shape index (κ3) is 7.76. The second-order valence-corrected chi connectivity index (χ2v) is 15.8. The van der Waals surface area contributed by atoms with E-state index in [0.29, 0.717) is 42.3 Å². The van der Waals surface area contributed by atoms with Gasteiger partial charge in [0.25, 0.3) is 5.91 Å². The van der Waals surface area contributed by atoms with Gasteiger partial charge >= 0.3 is 18.3 Å². The molecule has 4 unspecified atom stereocenters. The number of hydrogen-bond acceptors (Lipinski definition) is 5. The van der Waals surface area contributed by atoms with Crippen molar-refractivity contribution in [3.8, 4) is 17.0 Å². The maximum atomic E-state index is 14.7. The predicted molar refractivity (Wildman–Crippen MR) is 181 cm³/mol. The molecular weight excluding hydrogens is 728 g/mol. The van der Waals surface area contributed by atoms with E-state index in [0.717, 1.165) is 12.5 Å². The number of nitrogens with one attached hydrogen (secondary N) is 1. The molecule has 54 heavy (non-hydrogen) atoms. The standard InChI is InChI=1S/C38H42F8N4O4/c1-21-14-22-16-23(15-21)36(18-22,34(52)53)48-33(51)28-4-5-30(47-32(28)38(44,45)46)29-19-50(24-6-10-35(39,40)11-7-24)31-17-26(2-3-27(29)31)54-25-8-12-49(13-9-25)20-37(41,42)43/h2-5,17,19,21-25H,6-16,18,20H2,1H3,(H,48,51)(H,52,53). The highest BCUT2D eigenvalue weighted by molar-refractivity contribution is 6.00. The van der Waals surface area contributed by atoms with Crippen LogP contribution in [0.15, 0.2) is 36.5 Å². The zero-order valence-electron chi connectivity index (χ0n) is 29.6. The van der Waals surface area contributed by atoms with Gasteiger partial charge in [-0.2, -0.15) is 26.3 Å². The van der Waals surface area contributed by atoms with Crippen molar-refractivity contribution in [3.05, 3.63) is 47.8 Å². The number of carboxylic acids is 1. The van der Waals surface area contributed by atoms with Crippen LogP contribution in [0.2, 0.25) is 0 Å². The van der Waals surface area contributed by atoms with E-state index in [9.17, 15) is 49.8 Å². The summed E-state index contributed by atoms with van der Waals surface area (Å²) in [7, 11) is 0. The van der Waals surface area contributed by atoms with E-state index in [-0.39, 0.29) is 74.4 Å². The summed E-state index contributed by atoms with van der Waals surface area (Å²) in [4.78, 5) is 31.5. The minimum atomic E-state index is -5.09. The Labute approximate surface area is 306 Å². The fraction of sp³-hybridized carbons (Fsp3) is 0.605. The lowest BCUT2D eigenvalue weighted by molar-refractivity contribution is -0.149. The molecule has 2 N–H and O–H groups in total. The fourth-order valence-electron chi connectivity index (χ4n) is 9.43. The van der Waals surface area contributed by atoms with Crippen LogP contribution >= 0.6 is 0 Å². The van der Waals surface area contributed by atoms with Crippen LogP contribution in [0.3, 0.4) is 0 Å². The SMILES string of the molecule is CC1CC2CC(C1)C(NC(=O)c1ccc(-c3cn(C4CCC(F)(F)CC4)c4cc(OC5CCN(CC(F)(F)F)CC5)ccc34)nc1C(F)(F)F)(C(=O)O)C2. The molecule has 4 atom stereocenters. The summed E-state index contributed by atoms with van der Waals surface area (Å²) >= 11 is 0. The Hall–Kier alpha value is -3.95. The Bertz CT molecular complexity index is 1890. The lowest BCUT2D eigenvalue weighted by atomic mass is 9.78. The molecular formula is C38H42F8N4O4. The molecule has 2 bridgehead atoms. The molecule has 3 aromatic rings. The number of fused-ring (bicyclic) bond motifs is 3. The first-order valence-electron chi connectivity index (χ1n) is 18.4. The number of piperidine rings is 1. The minimum absolute atomic E-state index is 0.0349. The number of carbonyl (C=O) groups is 2. The number of nitrogens with zero attached hydrogens (tertiary/aromatic N) is 3. The van der Waals surface area contributed by atoms with Crippen molar-refractivity contribution in [2.24, 2.45) is 17.8 Å². The van der Waals surface area contributed by atoms with Crippen LogP contribution in [0.1, 0.15) is 93.2 Å². The molecule has 16 heteroatoms. The number of aromatic nitrogens is 2. The molecule has 3 heterocycles.